The van der Waals surface area contributed by atoms with Crippen molar-refractivity contribution in [2.75, 3.05) is 26.2 Å². The molecule has 0 N–H and O–H groups in total. The molecule has 1 aromatic rings. The molecule has 0 aromatic heterocycles. The Morgan fingerprint density at radius 2 is 1.61 bits per heavy atom. The molecule has 1 aliphatic rings. The lowest BCUT2D eigenvalue weighted by atomic mass is 10.2. The molecular formula is C16H18N2O4S. The van der Waals surface area contributed by atoms with Gasteiger partial charge in [-0.2, -0.15) is 4.31 Å². The second-order valence-corrected chi connectivity index (χ2v) is 7.09. The third-order valence-corrected chi connectivity index (χ3v) is 5.57. The molecule has 0 spiro atoms. The average Bonchev–Trinajstić information content (AvgIpc) is 2.55. The van der Waals surface area contributed by atoms with E-state index in [1.807, 2.05) is 0 Å². The number of rotatable bonds is 3. The Hall–Kier alpha value is -2.17. The van der Waals surface area contributed by atoms with Crippen LogP contribution in [-0.2, 0) is 14.8 Å². The van der Waals surface area contributed by atoms with Gasteiger partial charge in [0.05, 0.1) is 4.90 Å². The molecule has 7 heteroatoms. The van der Waals surface area contributed by atoms with Gasteiger partial charge in [0, 0.05) is 31.7 Å². The zero-order valence-corrected chi connectivity index (χ0v) is 13.9. The first-order chi connectivity index (χ1) is 10.9. The fraction of sp³-hybridized carbons (Fsp3) is 0.375. The van der Waals surface area contributed by atoms with E-state index in [9.17, 15) is 18.0 Å². The van der Waals surface area contributed by atoms with E-state index in [4.69, 9.17) is 0 Å². The molecule has 1 fully saturated rings. The first-order valence-electron chi connectivity index (χ1n) is 7.19. The number of benzene rings is 1. The molecule has 0 unspecified atom stereocenters. The van der Waals surface area contributed by atoms with Gasteiger partial charge in [-0.05, 0) is 31.9 Å². The van der Waals surface area contributed by atoms with Crippen LogP contribution in [0, 0.1) is 11.8 Å². The van der Waals surface area contributed by atoms with Crippen molar-refractivity contribution in [1.82, 2.24) is 9.21 Å². The third kappa shape index (κ3) is 3.78. The summed E-state index contributed by atoms with van der Waals surface area (Å²) in [5.74, 6) is 4.61. The van der Waals surface area contributed by atoms with E-state index in [1.54, 1.807) is 11.8 Å². The lowest BCUT2D eigenvalue weighted by Gasteiger charge is -2.32. The van der Waals surface area contributed by atoms with Crippen molar-refractivity contribution in [2.24, 2.45) is 0 Å². The number of nitrogens with zero attached hydrogens (tertiary/aromatic N) is 2. The molecule has 1 aromatic carbocycles. The van der Waals surface area contributed by atoms with Gasteiger partial charge >= 0.3 is 0 Å². The number of hydrogen-bond donors (Lipinski definition) is 0. The largest absolute Gasteiger partial charge is 0.329 e. The van der Waals surface area contributed by atoms with Crippen LogP contribution >= 0.6 is 0 Å². The number of sulfonamides is 1. The number of carbonyl (C=O) groups is 2. The van der Waals surface area contributed by atoms with E-state index in [1.165, 1.54) is 35.5 Å². The highest BCUT2D eigenvalue weighted by Gasteiger charge is 2.29. The van der Waals surface area contributed by atoms with Crippen molar-refractivity contribution < 1.29 is 18.0 Å². The summed E-state index contributed by atoms with van der Waals surface area (Å²) in [4.78, 5) is 24.6. The molecule has 0 bridgehead atoms. The van der Waals surface area contributed by atoms with Crippen LogP contribution in [0.15, 0.2) is 29.2 Å². The van der Waals surface area contributed by atoms with Crippen LogP contribution in [0.5, 0.6) is 0 Å². The number of hydrogen-bond acceptors (Lipinski definition) is 4. The number of carbonyl (C=O) groups excluding carboxylic acids is 2. The third-order valence-electron chi connectivity index (χ3n) is 3.66. The summed E-state index contributed by atoms with van der Waals surface area (Å²) < 4.78 is 26.5. The molecule has 1 heterocycles. The van der Waals surface area contributed by atoms with Crippen LogP contribution in [0.2, 0.25) is 0 Å². The van der Waals surface area contributed by atoms with Gasteiger partial charge < -0.3 is 4.90 Å². The van der Waals surface area contributed by atoms with E-state index in [0.29, 0.717) is 18.7 Å². The maximum absolute atomic E-state index is 12.6. The highest BCUT2D eigenvalue weighted by molar-refractivity contribution is 7.89. The highest BCUT2D eigenvalue weighted by atomic mass is 32.2. The molecule has 0 atom stereocenters. The second-order valence-electron chi connectivity index (χ2n) is 5.15. The molecule has 2 rings (SSSR count). The zero-order chi connectivity index (χ0) is 17.0. The Bertz CT molecular complexity index is 765. The van der Waals surface area contributed by atoms with Gasteiger partial charge in [0.25, 0.3) is 5.91 Å². The van der Waals surface area contributed by atoms with E-state index in [0.717, 1.165) is 0 Å². The quantitative estimate of drug-likeness (QED) is 0.604. The molecule has 1 saturated heterocycles. The monoisotopic (exact) mass is 334 g/mol. The van der Waals surface area contributed by atoms with Gasteiger partial charge in [-0.3, -0.25) is 9.59 Å². The molecular weight excluding hydrogens is 316 g/mol. The number of amides is 1. The summed E-state index contributed by atoms with van der Waals surface area (Å²) in [7, 11) is -3.62. The SMILES string of the molecule is CC#CC(=O)N1CCN(S(=O)(=O)c2ccc(C(C)=O)cc2)CC1. The van der Waals surface area contributed by atoms with Crippen LogP contribution < -0.4 is 0 Å². The van der Waals surface area contributed by atoms with Crippen molar-refractivity contribution >= 4 is 21.7 Å². The van der Waals surface area contributed by atoms with E-state index < -0.39 is 10.0 Å². The minimum absolute atomic E-state index is 0.113. The van der Waals surface area contributed by atoms with Crippen LogP contribution in [-0.4, -0.2) is 55.5 Å². The molecule has 0 aliphatic carbocycles. The number of Topliss-reactive ketones (excluding diaryl/α,β-unsaturated/α-hetero) is 1. The highest BCUT2D eigenvalue weighted by Crippen LogP contribution is 2.18. The summed E-state index contributed by atoms with van der Waals surface area (Å²) >= 11 is 0. The Morgan fingerprint density at radius 3 is 2.09 bits per heavy atom. The predicted molar refractivity (Wildman–Crippen MR) is 85.2 cm³/mol. The summed E-state index contributed by atoms with van der Waals surface area (Å²) in [5.41, 5.74) is 0.470. The van der Waals surface area contributed by atoms with Gasteiger partial charge in [0.1, 0.15) is 0 Å². The summed E-state index contributed by atoms with van der Waals surface area (Å²) in [5, 5.41) is 0. The first kappa shape index (κ1) is 17.2. The standard InChI is InChI=1S/C16H18N2O4S/c1-3-4-16(20)17-9-11-18(12-10-17)23(21,22)15-7-5-14(6-8-15)13(2)19/h5-8H,9-12H2,1-2H3. The molecule has 1 amide bonds. The normalized spacial score (nSPS) is 15.7. The van der Waals surface area contributed by atoms with Crippen molar-refractivity contribution in [3.63, 3.8) is 0 Å². The topological polar surface area (TPSA) is 74.8 Å². The number of piperazine rings is 1. The van der Waals surface area contributed by atoms with Crippen LogP contribution in [0.3, 0.4) is 0 Å². The second kappa shape index (κ2) is 6.94. The maximum atomic E-state index is 12.6. The van der Waals surface area contributed by atoms with Crippen LogP contribution in [0.25, 0.3) is 0 Å². The Morgan fingerprint density at radius 1 is 1.04 bits per heavy atom. The van der Waals surface area contributed by atoms with Crippen molar-refractivity contribution in [2.45, 2.75) is 18.7 Å². The molecule has 122 valence electrons. The van der Waals surface area contributed by atoms with E-state index >= 15 is 0 Å². The lowest BCUT2D eigenvalue weighted by molar-refractivity contribution is -0.126. The van der Waals surface area contributed by atoms with Crippen LogP contribution in [0.1, 0.15) is 24.2 Å². The van der Waals surface area contributed by atoms with Gasteiger partial charge in [0.2, 0.25) is 10.0 Å². The average molecular weight is 334 g/mol. The zero-order valence-electron chi connectivity index (χ0n) is 13.1. The fourth-order valence-electron chi connectivity index (χ4n) is 2.33. The van der Waals surface area contributed by atoms with Gasteiger partial charge in [-0.1, -0.05) is 18.1 Å². The molecule has 23 heavy (non-hydrogen) atoms. The molecule has 1 aliphatic heterocycles. The lowest BCUT2D eigenvalue weighted by Crippen LogP contribution is -2.50. The fourth-order valence-corrected chi connectivity index (χ4v) is 3.75. The van der Waals surface area contributed by atoms with Crippen molar-refractivity contribution in [1.29, 1.82) is 0 Å². The number of ketones is 1. The molecule has 6 nitrogen and oxygen atoms in total. The van der Waals surface area contributed by atoms with Crippen molar-refractivity contribution in [3.05, 3.63) is 29.8 Å². The van der Waals surface area contributed by atoms with Gasteiger partial charge in [-0.25, -0.2) is 8.42 Å². The Balaban J connectivity index is 2.10. The summed E-state index contributed by atoms with van der Waals surface area (Å²) in [6.45, 7) is 4.11. The van der Waals surface area contributed by atoms with Gasteiger partial charge in [-0.15, -0.1) is 0 Å². The Labute approximate surface area is 136 Å². The summed E-state index contributed by atoms with van der Waals surface area (Å²) in [6.07, 6.45) is 0. The van der Waals surface area contributed by atoms with Gasteiger partial charge in [0.15, 0.2) is 5.78 Å². The molecule has 0 radical (unpaired) electrons. The molecule has 0 saturated carbocycles. The van der Waals surface area contributed by atoms with E-state index in [2.05, 4.69) is 11.8 Å². The minimum Gasteiger partial charge on any atom is -0.329 e. The predicted octanol–water partition coefficient (Wildman–Crippen LogP) is 0.745. The summed E-state index contributed by atoms with van der Waals surface area (Å²) in [6, 6.07) is 5.88. The maximum Gasteiger partial charge on any atom is 0.298 e. The van der Waals surface area contributed by atoms with Crippen LogP contribution in [0.4, 0.5) is 0 Å². The smallest absolute Gasteiger partial charge is 0.298 e. The Kier molecular flexibility index (Phi) is 5.19. The minimum atomic E-state index is -3.62. The van der Waals surface area contributed by atoms with Crippen molar-refractivity contribution in [3.8, 4) is 11.8 Å². The van der Waals surface area contributed by atoms with E-state index in [-0.39, 0.29) is 29.7 Å². The first-order valence-corrected chi connectivity index (χ1v) is 8.63.